The van der Waals surface area contributed by atoms with Gasteiger partial charge in [-0.3, -0.25) is 0 Å². The van der Waals surface area contributed by atoms with Crippen LogP contribution in [0.2, 0.25) is 0 Å². The number of hydrogen-bond donors (Lipinski definition) is 0. The number of benzene rings is 1. The van der Waals surface area contributed by atoms with Crippen LogP contribution in [-0.4, -0.2) is 12.6 Å². The zero-order chi connectivity index (χ0) is 13.0. The van der Waals surface area contributed by atoms with Gasteiger partial charge in [-0.25, -0.2) is 4.79 Å². The Morgan fingerprint density at radius 1 is 1.22 bits per heavy atom. The summed E-state index contributed by atoms with van der Waals surface area (Å²) < 4.78 is 5.09. The summed E-state index contributed by atoms with van der Waals surface area (Å²) in [7, 11) is 0. The van der Waals surface area contributed by atoms with Crippen LogP contribution in [0.15, 0.2) is 35.7 Å². The van der Waals surface area contributed by atoms with Crippen LogP contribution >= 0.6 is 11.3 Å². The molecule has 0 aliphatic rings. The standard InChI is InChI=1S/C15H16O2S/c1-3-12-13(15(16)17-4-2)10-18-14(12)11-8-6-5-7-9-11/h5-10H,3-4H2,1-2H3. The molecule has 0 fully saturated rings. The molecule has 3 heteroatoms. The van der Waals surface area contributed by atoms with E-state index in [1.54, 1.807) is 11.3 Å². The monoisotopic (exact) mass is 260 g/mol. The highest BCUT2D eigenvalue weighted by Crippen LogP contribution is 2.33. The second-order valence-electron chi connectivity index (χ2n) is 3.90. The van der Waals surface area contributed by atoms with E-state index < -0.39 is 0 Å². The molecular formula is C15H16O2S. The van der Waals surface area contributed by atoms with Gasteiger partial charge in [-0.1, -0.05) is 37.3 Å². The Morgan fingerprint density at radius 2 is 1.94 bits per heavy atom. The van der Waals surface area contributed by atoms with Crippen LogP contribution in [0.4, 0.5) is 0 Å². The molecule has 18 heavy (non-hydrogen) atoms. The van der Waals surface area contributed by atoms with Gasteiger partial charge in [0.1, 0.15) is 0 Å². The maximum atomic E-state index is 11.9. The van der Waals surface area contributed by atoms with Crippen molar-refractivity contribution < 1.29 is 9.53 Å². The third kappa shape index (κ3) is 2.46. The molecule has 2 aromatic rings. The number of carbonyl (C=O) groups is 1. The van der Waals surface area contributed by atoms with Crippen molar-refractivity contribution in [1.29, 1.82) is 0 Å². The predicted octanol–water partition coefficient (Wildman–Crippen LogP) is 4.15. The SMILES string of the molecule is CCOC(=O)c1csc(-c2ccccc2)c1CC. The Balaban J connectivity index is 2.42. The first-order valence-electron chi connectivity index (χ1n) is 6.10. The molecule has 0 radical (unpaired) electrons. The van der Waals surface area contributed by atoms with Crippen LogP contribution in [-0.2, 0) is 11.2 Å². The molecule has 0 amide bonds. The van der Waals surface area contributed by atoms with Gasteiger partial charge in [0.15, 0.2) is 0 Å². The summed E-state index contributed by atoms with van der Waals surface area (Å²) in [5.74, 6) is -0.215. The molecule has 1 heterocycles. The maximum absolute atomic E-state index is 11.9. The minimum atomic E-state index is -0.215. The van der Waals surface area contributed by atoms with Gasteiger partial charge in [0.2, 0.25) is 0 Å². The Hall–Kier alpha value is -1.61. The smallest absolute Gasteiger partial charge is 0.339 e. The molecule has 0 bridgehead atoms. The molecular weight excluding hydrogens is 244 g/mol. The van der Waals surface area contributed by atoms with E-state index in [9.17, 15) is 4.79 Å². The number of ether oxygens (including phenoxy) is 1. The van der Waals surface area contributed by atoms with Gasteiger partial charge < -0.3 is 4.74 Å². The highest BCUT2D eigenvalue weighted by molar-refractivity contribution is 7.14. The molecule has 0 unspecified atom stereocenters. The van der Waals surface area contributed by atoms with E-state index in [0.717, 1.165) is 17.5 Å². The van der Waals surface area contributed by atoms with Crippen molar-refractivity contribution in [3.05, 3.63) is 46.8 Å². The maximum Gasteiger partial charge on any atom is 0.339 e. The number of hydrogen-bond acceptors (Lipinski definition) is 3. The van der Waals surface area contributed by atoms with Crippen LogP contribution in [0.3, 0.4) is 0 Å². The van der Waals surface area contributed by atoms with Crippen molar-refractivity contribution in [2.45, 2.75) is 20.3 Å². The van der Waals surface area contributed by atoms with E-state index in [2.05, 4.69) is 19.1 Å². The van der Waals surface area contributed by atoms with Crippen molar-refractivity contribution in [1.82, 2.24) is 0 Å². The number of thiophene rings is 1. The van der Waals surface area contributed by atoms with Crippen LogP contribution < -0.4 is 0 Å². The summed E-state index contributed by atoms with van der Waals surface area (Å²) >= 11 is 1.61. The molecule has 2 nitrogen and oxygen atoms in total. The lowest BCUT2D eigenvalue weighted by Crippen LogP contribution is -2.06. The second-order valence-corrected chi connectivity index (χ2v) is 4.78. The average Bonchev–Trinajstić information content (AvgIpc) is 2.83. The zero-order valence-corrected chi connectivity index (χ0v) is 11.4. The molecule has 0 spiro atoms. The minimum Gasteiger partial charge on any atom is -0.462 e. The van der Waals surface area contributed by atoms with Gasteiger partial charge in [-0.15, -0.1) is 11.3 Å². The molecule has 0 aliphatic carbocycles. The summed E-state index contributed by atoms with van der Waals surface area (Å²) in [6.45, 7) is 4.31. The first-order chi connectivity index (χ1) is 8.77. The third-order valence-electron chi connectivity index (χ3n) is 2.78. The lowest BCUT2D eigenvalue weighted by Gasteiger charge is -2.05. The van der Waals surface area contributed by atoms with Crippen LogP contribution in [0.1, 0.15) is 29.8 Å². The lowest BCUT2D eigenvalue weighted by atomic mass is 10.0. The topological polar surface area (TPSA) is 26.3 Å². The highest BCUT2D eigenvalue weighted by atomic mass is 32.1. The van der Waals surface area contributed by atoms with Crippen molar-refractivity contribution in [3.63, 3.8) is 0 Å². The minimum absolute atomic E-state index is 0.215. The highest BCUT2D eigenvalue weighted by Gasteiger charge is 2.17. The van der Waals surface area contributed by atoms with Crippen molar-refractivity contribution in [2.75, 3.05) is 6.61 Å². The first kappa shape index (κ1) is 12.8. The summed E-state index contributed by atoms with van der Waals surface area (Å²) in [4.78, 5) is 13.0. The Morgan fingerprint density at radius 3 is 2.56 bits per heavy atom. The molecule has 0 N–H and O–H groups in total. The number of rotatable bonds is 4. The summed E-state index contributed by atoms with van der Waals surface area (Å²) in [5.41, 5.74) is 2.96. The second kappa shape index (κ2) is 5.83. The van der Waals surface area contributed by atoms with Crippen LogP contribution in [0.25, 0.3) is 10.4 Å². The van der Waals surface area contributed by atoms with Gasteiger partial charge in [0, 0.05) is 10.3 Å². The molecule has 1 aromatic carbocycles. The van der Waals surface area contributed by atoms with Gasteiger partial charge in [-0.05, 0) is 24.5 Å². The number of carbonyl (C=O) groups excluding carboxylic acids is 1. The zero-order valence-electron chi connectivity index (χ0n) is 10.6. The van der Waals surface area contributed by atoms with E-state index in [4.69, 9.17) is 4.74 Å². The normalized spacial score (nSPS) is 10.3. The summed E-state index contributed by atoms with van der Waals surface area (Å²) in [5, 5.41) is 1.90. The van der Waals surface area contributed by atoms with Crippen LogP contribution in [0.5, 0.6) is 0 Å². The van der Waals surface area contributed by atoms with Crippen LogP contribution in [0, 0.1) is 0 Å². The molecule has 0 atom stereocenters. The fraction of sp³-hybridized carbons (Fsp3) is 0.267. The molecule has 2 rings (SSSR count). The number of esters is 1. The Kier molecular flexibility index (Phi) is 4.15. The van der Waals surface area contributed by atoms with E-state index in [0.29, 0.717) is 12.2 Å². The molecule has 0 aliphatic heterocycles. The molecule has 0 saturated heterocycles. The lowest BCUT2D eigenvalue weighted by molar-refractivity contribution is 0.0526. The average molecular weight is 260 g/mol. The van der Waals surface area contributed by atoms with Gasteiger partial charge >= 0.3 is 5.97 Å². The van der Waals surface area contributed by atoms with Crippen molar-refractivity contribution >= 4 is 17.3 Å². The molecule has 1 aromatic heterocycles. The predicted molar refractivity (Wildman–Crippen MR) is 75.1 cm³/mol. The summed E-state index contributed by atoms with van der Waals surface area (Å²) in [6.07, 6.45) is 0.835. The van der Waals surface area contributed by atoms with Gasteiger partial charge in [0.05, 0.1) is 12.2 Å². The van der Waals surface area contributed by atoms with Gasteiger partial charge in [-0.2, -0.15) is 0 Å². The largest absolute Gasteiger partial charge is 0.462 e. The fourth-order valence-electron chi connectivity index (χ4n) is 1.95. The quantitative estimate of drug-likeness (QED) is 0.772. The Labute approximate surface area is 111 Å². The summed E-state index contributed by atoms with van der Waals surface area (Å²) in [6, 6.07) is 10.2. The van der Waals surface area contributed by atoms with Gasteiger partial charge in [0.25, 0.3) is 0 Å². The fourth-order valence-corrected chi connectivity index (χ4v) is 3.09. The van der Waals surface area contributed by atoms with E-state index in [1.807, 2.05) is 30.5 Å². The van der Waals surface area contributed by atoms with E-state index >= 15 is 0 Å². The van der Waals surface area contributed by atoms with E-state index in [-0.39, 0.29) is 5.97 Å². The van der Waals surface area contributed by atoms with Crippen molar-refractivity contribution in [2.24, 2.45) is 0 Å². The van der Waals surface area contributed by atoms with Crippen molar-refractivity contribution in [3.8, 4) is 10.4 Å². The Bertz CT molecular complexity index is 529. The van der Waals surface area contributed by atoms with E-state index in [1.165, 1.54) is 4.88 Å². The first-order valence-corrected chi connectivity index (χ1v) is 6.98. The third-order valence-corrected chi connectivity index (χ3v) is 3.85. The molecule has 0 saturated carbocycles. The molecule has 94 valence electrons.